The lowest BCUT2D eigenvalue weighted by Gasteiger charge is -2.10. The second-order valence-electron chi connectivity index (χ2n) is 5.91. The Morgan fingerprint density at radius 3 is 2.68 bits per heavy atom. The molecule has 0 aliphatic heterocycles. The molecule has 9 heteroatoms. The van der Waals surface area contributed by atoms with Gasteiger partial charge in [0.1, 0.15) is 5.75 Å². The van der Waals surface area contributed by atoms with Gasteiger partial charge in [-0.15, -0.1) is 0 Å². The molecule has 0 spiro atoms. The molecule has 0 fully saturated rings. The number of nitrogens with zero attached hydrogens (tertiary/aromatic N) is 2. The molecule has 0 bridgehead atoms. The minimum atomic E-state index is -4.45. The average Bonchev–Trinajstić information content (AvgIpc) is 3.06. The summed E-state index contributed by atoms with van der Waals surface area (Å²) in [5, 5.41) is 7.47. The Hall–Kier alpha value is -3.00. The lowest BCUT2D eigenvalue weighted by Crippen LogP contribution is -2.19. The van der Waals surface area contributed by atoms with Gasteiger partial charge in [-0.05, 0) is 35.9 Å². The number of amides is 1. The molecule has 0 saturated heterocycles. The second-order valence-corrected chi connectivity index (χ2v) is 6.35. The van der Waals surface area contributed by atoms with Crippen molar-refractivity contribution in [3.05, 3.63) is 76.9 Å². The maximum atomic E-state index is 12.3. The molecule has 3 aromatic rings. The molecule has 3 rings (SSSR count). The summed E-state index contributed by atoms with van der Waals surface area (Å²) in [6.07, 6.45) is -2.76. The van der Waals surface area contributed by atoms with Gasteiger partial charge in [0.15, 0.2) is 12.4 Å². The van der Waals surface area contributed by atoms with Crippen molar-refractivity contribution in [2.75, 3.05) is 11.9 Å². The lowest BCUT2D eigenvalue weighted by molar-refractivity contribution is -0.153. The Kier molecular flexibility index (Phi) is 5.89. The second kappa shape index (κ2) is 8.35. The number of alkyl halides is 3. The number of hydrogen-bond donors (Lipinski definition) is 1. The first-order chi connectivity index (χ1) is 13.3. The van der Waals surface area contributed by atoms with Crippen LogP contribution in [0.25, 0.3) is 0 Å². The third-order valence-electron chi connectivity index (χ3n) is 3.61. The molecule has 5 nitrogen and oxygen atoms in total. The smallest absolute Gasteiger partial charge is 0.422 e. The van der Waals surface area contributed by atoms with Crippen LogP contribution >= 0.6 is 11.6 Å². The van der Waals surface area contributed by atoms with Crippen LogP contribution in [0.4, 0.5) is 19.0 Å². The molecule has 0 unspecified atom stereocenters. The number of aromatic nitrogens is 2. The Bertz CT molecular complexity index is 973. The molecule has 1 amide bonds. The maximum absolute atomic E-state index is 12.3. The van der Waals surface area contributed by atoms with Crippen LogP contribution < -0.4 is 10.1 Å². The molecular weight excluding hydrogens is 395 g/mol. The summed E-state index contributed by atoms with van der Waals surface area (Å²) in [7, 11) is 0. The Balaban J connectivity index is 1.63. The van der Waals surface area contributed by atoms with Crippen LogP contribution in [-0.4, -0.2) is 28.5 Å². The van der Waals surface area contributed by atoms with Gasteiger partial charge in [0.2, 0.25) is 0 Å². The number of anilines is 1. The van der Waals surface area contributed by atoms with E-state index in [-0.39, 0.29) is 11.3 Å². The topological polar surface area (TPSA) is 56.2 Å². The predicted molar refractivity (Wildman–Crippen MR) is 98.7 cm³/mol. The minimum absolute atomic E-state index is 0.0449. The number of ether oxygens (including phenoxy) is 1. The van der Waals surface area contributed by atoms with Gasteiger partial charge in [-0.25, -0.2) is 0 Å². The molecule has 0 radical (unpaired) electrons. The first-order valence-electron chi connectivity index (χ1n) is 8.17. The zero-order chi connectivity index (χ0) is 20.1. The van der Waals surface area contributed by atoms with Crippen LogP contribution in [0.5, 0.6) is 5.75 Å². The number of carbonyl (C=O) groups is 1. The monoisotopic (exact) mass is 409 g/mol. The van der Waals surface area contributed by atoms with Gasteiger partial charge in [0, 0.05) is 22.8 Å². The average molecular weight is 410 g/mol. The molecule has 1 N–H and O–H groups in total. The highest BCUT2D eigenvalue weighted by molar-refractivity contribution is 6.30. The van der Waals surface area contributed by atoms with Gasteiger partial charge < -0.3 is 10.1 Å². The number of nitrogens with one attached hydrogen (secondary N) is 1. The van der Waals surface area contributed by atoms with Crippen LogP contribution in [0.3, 0.4) is 0 Å². The van der Waals surface area contributed by atoms with E-state index in [9.17, 15) is 18.0 Å². The quantitative estimate of drug-likeness (QED) is 0.637. The van der Waals surface area contributed by atoms with E-state index in [1.807, 2.05) is 18.2 Å². The largest absolute Gasteiger partial charge is 0.484 e. The zero-order valence-electron chi connectivity index (χ0n) is 14.4. The molecule has 28 heavy (non-hydrogen) atoms. The molecule has 0 saturated carbocycles. The van der Waals surface area contributed by atoms with Crippen molar-refractivity contribution < 1.29 is 22.7 Å². The van der Waals surface area contributed by atoms with Crippen molar-refractivity contribution in [2.24, 2.45) is 0 Å². The highest BCUT2D eigenvalue weighted by atomic mass is 35.5. The molecule has 1 heterocycles. The standard InChI is InChI=1S/C19H15ClF3N3O2/c20-15-5-1-3-13(9-15)11-26-8-7-17(25-26)24-18(27)14-4-2-6-16(10-14)28-12-19(21,22)23/h1-10H,11-12H2,(H,24,25,27). The van der Waals surface area contributed by atoms with Crippen molar-refractivity contribution in [1.82, 2.24) is 9.78 Å². The summed E-state index contributed by atoms with van der Waals surface area (Å²) in [6.45, 7) is -0.955. The molecule has 1 aromatic heterocycles. The van der Waals surface area contributed by atoms with Gasteiger partial charge >= 0.3 is 6.18 Å². The molecule has 0 aliphatic rings. The van der Waals surface area contributed by atoms with E-state index in [2.05, 4.69) is 15.2 Å². The first-order valence-corrected chi connectivity index (χ1v) is 8.55. The van der Waals surface area contributed by atoms with E-state index in [1.165, 1.54) is 24.3 Å². The zero-order valence-corrected chi connectivity index (χ0v) is 15.2. The molecule has 2 aromatic carbocycles. The van der Waals surface area contributed by atoms with Crippen molar-refractivity contribution >= 4 is 23.3 Å². The highest BCUT2D eigenvalue weighted by Crippen LogP contribution is 2.20. The van der Waals surface area contributed by atoms with Gasteiger partial charge in [-0.3, -0.25) is 9.48 Å². The number of benzene rings is 2. The van der Waals surface area contributed by atoms with E-state index in [1.54, 1.807) is 23.0 Å². The van der Waals surface area contributed by atoms with Crippen LogP contribution in [0.15, 0.2) is 60.8 Å². The predicted octanol–water partition coefficient (Wildman–Crippen LogP) is 4.78. The van der Waals surface area contributed by atoms with Crippen molar-refractivity contribution in [2.45, 2.75) is 12.7 Å². The summed E-state index contributed by atoms with van der Waals surface area (Å²) >= 11 is 5.95. The van der Waals surface area contributed by atoms with E-state index in [0.717, 1.165) is 5.56 Å². The fourth-order valence-corrected chi connectivity index (χ4v) is 2.63. The van der Waals surface area contributed by atoms with Crippen molar-refractivity contribution in [3.8, 4) is 5.75 Å². The van der Waals surface area contributed by atoms with Crippen LogP contribution in [0.1, 0.15) is 15.9 Å². The Labute approximate surface area is 163 Å². The minimum Gasteiger partial charge on any atom is -0.484 e. The summed E-state index contributed by atoms with van der Waals surface area (Å²) in [5.41, 5.74) is 1.10. The number of carbonyl (C=O) groups excluding carboxylic acids is 1. The molecular formula is C19H15ClF3N3O2. The number of hydrogen-bond acceptors (Lipinski definition) is 3. The van der Waals surface area contributed by atoms with Crippen molar-refractivity contribution in [1.29, 1.82) is 0 Å². The third-order valence-corrected chi connectivity index (χ3v) is 3.85. The van der Waals surface area contributed by atoms with E-state index >= 15 is 0 Å². The van der Waals surface area contributed by atoms with E-state index in [0.29, 0.717) is 17.4 Å². The Morgan fingerprint density at radius 2 is 1.93 bits per heavy atom. The number of rotatable bonds is 6. The van der Waals surface area contributed by atoms with Gasteiger partial charge in [0.05, 0.1) is 6.54 Å². The highest BCUT2D eigenvalue weighted by Gasteiger charge is 2.28. The normalized spacial score (nSPS) is 11.3. The fraction of sp³-hybridized carbons (Fsp3) is 0.158. The van der Waals surface area contributed by atoms with Crippen molar-refractivity contribution in [3.63, 3.8) is 0 Å². The SMILES string of the molecule is O=C(Nc1ccn(Cc2cccc(Cl)c2)n1)c1cccc(OCC(F)(F)F)c1. The van der Waals surface area contributed by atoms with Gasteiger partial charge in [-0.1, -0.05) is 29.8 Å². The van der Waals surface area contributed by atoms with Gasteiger partial charge in [0.25, 0.3) is 5.91 Å². The van der Waals surface area contributed by atoms with Crippen LogP contribution in [0.2, 0.25) is 5.02 Å². The Morgan fingerprint density at radius 1 is 1.14 bits per heavy atom. The van der Waals surface area contributed by atoms with E-state index < -0.39 is 18.7 Å². The summed E-state index contributed by atoms with van der Waals surface area (Å²) in [4.78, 5) is 12.3. The summed E-state index contributed by atoms with van der Waals surface area (Å²) in [6, 6.07) is 14.4. The molecule has 146 valence electrons. The maximum Gasteiger partial charge on any atom is 0.422 e. The van der Waals surface area contributed by atoms with Crippen LogP contribution in [0, 0.1) is 0 Å². The third kappa shape index (κ3) is 5.75. The first kappa shape index (κ1) is 19.8. The van der Waals surface area contributed by atoms with Gasteiger partial charge in [-0.2, -0.15) is 18.3 Å². The fourth-order valence-electron chi connectivity index (χ4n) is 2.42. The van der Waals surface area contributed by atoms with Crippen LogP contribution in [-0.2, 0) is 6.54 Å². The van der Waals surface area contributed by atoms with E-state index in [4.69, 9.17) is 11.6 Å². The molecule has 0 atom stereocenters. The summed E-state index contributed by atoms with van der Waals surface area (Å²) < 4.78 is 43.0. The lowest BCUT2D eigenvalue weighted by atomic mass is 10.2. The molecule has 0 aliphatic carbocycles. The summed E-state index contributed by atoms with van der Waals surface area (Å²) in [5.74, 6) is -0.240. The number of halogens is 4.